The summed E-state index contributed by atoms with van der Waals surface area (Å²) >= 11 is 0. The van der Waals surface area contributed by atoms with Crippen LogP contribution < -0.4 is 5.32 Å². The maximum Gasteiger partial charge on any atom is 0.270 e. The van der Waals surface area contributed by atoms with Gasteiger partial charge in [-0.2, -0.15) is 0 Å². The number of aromatic nitrogens is 1. The van der Waals surface area contributed by atoms with Gasteiger partial charge in [-0.05, 0) is 38.4 Å². The number of likely N-dealkylation sites (N-methyl/N-ethyl adjacent to an activating group) is 1. The molecule has 0 radical (unpaired) electrons. The summed E-state index contributed by atoms with van der Waals surface area (Å²) in [7, 11) is 3.83. The molecule has 0 spiro atoms. The van der Waals surface area contributed by atoms with Gasteiger partial charge < -0.3 is 14.8 Å². The summed E-state index contributed by atoms with van der Waals surface area (Å²) in [6, 6.07) is 4.34. The summed E-state index contributed by atoms with van der Waals surface area (Å²) in [5.74, 6) is 0.109. The Morgan fingerprint density at radius 2 is 2.28 bits per heavy atom. The fourth-order valence-electron chi connectivity index (χ4n) is 2.52. The fourth-order valence-corrected chi connectivity index (χ4v) is 2.52. The van der Waals surface area contributed by atoms with Gasteiger partial charge in [-0.1, -0.05) is 6.42 Å². The van der Waals surface area contributed by atoms with Gasteiger partial charge in [0.15, 0.2) is 0 Å². The molecule has 1 aromatic rings. The molecule has 1 N–H and O–H groups in total. The molecule has 2 heterocycles. The van der Waals surface area contributed by atoms with Crippen molar-refractivity contribution in [2.75, 3.05) is 20.1 Å². The van der Waals surface area contributed by atoms with Crippen LogP contribution in [-0.4, -0.2) is 41.6 Å². The van der Waals surface area contributed by atoms with Crippen molar-refractivity contribution in [1.82, 2.24) is 14.8 Å². The Balaban J connectivity index is 1.98. The molecule has 1 fully saturated rings. The number of hydrogen-bond acceptors (Lipinski definition) is 2. The molecule has 1 atom stereocenters. The monoisotopic (exact) mass is 249 g/mol. The molecule has 0 aliphatic carbocycles. The molecule has 4 heteroatoms. The summed E-state index contributed by atoms with van der Waals surface area (Å²) in [4.78, 5) is 14.2. The zero-order valence-corrected chi connectivity index (χ0v) is 11.6. The first-order chi connectivity index (χ1) is 8.59. The Hall–Kier alpha value is -1.29. The normalized spacial score (nSPS) is 19.8. The van der Waals surface area contributed by atoms with E-state index in [2.05, 4.69) is 5.32 Å². The Morgan fingerprint density at radius 1 is 1.50 bits per heavy atom. The van der Waals surface area contributed by atoms with E-state index in [1.807, 2.05) is 42.6 Å². The van der Waals surface area contributed by atoms with E-state index in [1.54, 1.807) is 0 Å². The molecule has 2 rings (SSSR count). The Kier molecular flexibility index (Phi) is 4.07. The lowest BCUT2D eigenvalue weighted by molar-refractivity contribution is 0.0765. The van der Waals surface area contributed by atoms with Gasteiger partial charge in [0, 0.05) is 32.4 Å². The molecule has 1 aromatic heterocycles. The smallest absolute Gasteiger partial charge is 0.270 e. The number of carbonyl (C=O) groups excluding carboxylic acids is 1. The van der Waals surface area contributed by atoms with E-state index in [0.29, 0.717) is 6.04 Å². The maximum atomic E-state index is 12.3. The maximum absolute atomic E-state index is 12.3. The first-order valence-electron chi connectivity index (χ1n) is 6.71. The van der Waals surface area contributed by atoms with E-state index >= 15 is 0 Å². The van der Waals surface area contributed by atoms with Gasteiger partial charge >= 0.3 is 0 Å². The second kappa shape index (κ2) is 5.57. The third kappa shape index (κ3) is 2.75. The molecule has 1 saturated heterocycles. The van der Waals surface area contributed by atoms with Gasteiger partial charge in [-0.3, -0.25) is 4.79 Å². The average Bonchev–Trinajstić information content (AvgIpc) is 2.70. The molecular weight excluding hydrogens is 226 g/mol. The number of nitrogens with one attached hydrogen (secondary N) is 1. The number of nitrogens with zero attached hydrogens (tertiary/aromatic N) is 2. The third-order valence-corrected chi connectivity index (χ3v) is 3.85. The van der Waals surface area contributed by atoms with E-state index in [1.165, 1.54) is 19.3 Å². The molecule has 0 aromatic carbocycles. The Labute approximate surface area is 109 Å². The summed E-state index contributed by atoms with van der Waals surface area (Å²) in [6.45, 7) is 3.89. The zero-order chi connectivity index (χ0) is 13.1. The first-order valence-corrected chi connectivity index (χ1v) is 6.71. The molecule has 1 unspecified atom stereocenters. The molecule has 18 heavy (non-hydrogen) atoms. The number of rotatable bonds is 3. The van der Waals surface area contributed by atoms with Crippen molar-refractivity contribution in [3.05, 3.63) is 23.5 Å². The van der Waals surface area contributed by atoms with Crippen molar-refractivity contribution in [3.8, 4) is 0 Å². The number of hydrogen-bond donors (Lipinski definition) is 1. The van der Waals surface area contributed by atoms with E-state index in [0.717, 1.165) is 24.5 Å². The van der Waals surface area contributed by atoms with Gasteiger partial charge in [0.2, 0.25) is 0 Å². The molecule has 1 aliphatic rings. The van der Waals surface area contributed by atoms with Crippen LogP contribution in [0.2, 0.25) is 0 Å². The summed E-state index contributed by atoms with van der Waals surface area (Å²) in [5, 5.41) is 3.48. The Morgan fingerprint density at radius 3 is 2.83 bits per heavy atom. The average molecular weight is 249 g/mol. The van der Waals surface area contributed by atoms with Crippen molar-refractivity contribution in [1.29, 1.82) is 0 Å². The van der Waals surface area contributed by atoms with Crippen molar-refractivity contribution in [3.63, 3.8) is 0 Å². The number of carbonyl (C=O) groups is 1. The Bertz CT molecular complexity index is 419. The lowest BCUT2D eigenvalue weighted by Crippen LogP contribution is -2.44. The minimum atomic E-state index is 0.109. The number of aryl methyl sites for hydroxylation is 1. The van der Waals surface area contributed by atoms with Crippen molar-refractivity contribution in [2.24, 2.45) is 7.05 Å². The van der Waals surface area contributed by atoms with Crippen LogP contribution >= 0.6 is 0 Å². The standard InChI is InChI=1S/C14H23N3O/c1-11-7-8-13(17(11)3)14(18)16(2)10-12-6-4-5-9-15-12/h7-8,12,15H,4-6,9-10H2,1-3H3. The summed E-state index contributed by atoms with van der Waals surface area (Å²) in [6.07, 6.45) is 3.69. The van der Waals surface area contributed by atoms with Crippen molar-refractivity contribution in [2.45, 2.75) is 32.2 Å². The van der Waals surface area contributed by atoms with Gasteiger partial charge in [-0.25, -0.2) is 0 Å². The quantitative estimate of drug-likeness (QED) is 0.882. The van der Waals surface area contributed by atoms with Gasteiger partial charge in [0.05, 0.1) is 0 Å². The largest absolute Gasteiger partial charge is 0.344 e. The fraction of sp³-hybridized carbons (Fsp3) is 0.643. The lowest BCUT2D eigenvalue weighted by atomic mass is 10.0. The van der Waals surface area contributed by atoms with Crippen LogP contribution in [0.15, 0.2) is 12.1 Å². The minimum Gasteiger partial charge on any atom is -0.344 e. The van der Waals surface area contributed by atoms with Crippen LogP contribution in [0, 0.1) is 6.92 Å². The molecule has 0 saturated carbocycles. The summed E-state index contributed by atoms with van der Waals surface area (Å²) in [5.41, 5.74) is 1.88. The molecular formula is C14H23N3O. The third-order valence-electron chi connectivity index (χ3n) is 3.85. The van der Waals surface area contributed by atoms with Crippen LogP contribution in [0.5, 0.6) is 0 Å². The second-order valence-corrected chi connectivity index (χ2v) is 5.25. The molecule has 100 valence electrons. The molecule has 4 nitrogen and oxygen atoms in total. The van der Waals surface area contributed by atoms with Crippen molar-refractivity contribution >= 4 is 5.91 Å². The van der Waals surface area contributed by atoms with E-state index in [9.17, 15) is 4.79 Å². The lowest BCUT2D eigenvalue weighted by Gasteiger charge is -2.28. The van der Waals surface area contributed by atoms with E-state index in [-0.39, 0.29) is 5.91 Å². The SMILES string of the molecule is Cc1ccc(C(=O)N(C)CC2CCCCN2)n1C. The molecule has 0 bridgehead atoms. The topological polar surface area (TPSA) is 37.3 Å². The van der Waals surface area contributed by atoms with Gasteiger partial charge in [0.1, 0.15) is 5.69 Å². The predicted octanol–water partition coefficient (Wildman–Crippen LogP) is 1.55. The van der Waals surface area contributed by atoms with E-state index < -0.39 is 0 Å². The zero-order valence-electron chi connectivity index (χ0n) is 11.6. The minimum absolute atomic E-state index is 0.109. The van der Waals surface area contributed by atoms with Crippen LogP contribution in [0.25, 0.3) is 0 Å². The van der Waals surface area contributed by atoms with Gasteiger partial charge in [-0.15, -0.1) is 0 Å². The highest BCUT2D eigenvalue weighted by Gasteiger charge is 2.20. The van der Waals surface area contributed by atoms with E-state index in [4.69, 9.17) is 0 Å². The van der Waals surface area contributed by atoms with Crippen LogP contribution in [0.1, 0.15) is 35.4 Å². The number of amides is 1. The predicted molar refractivity (Wildman–Crippen MR) is 72.8 cm³/mol. The molecule has 1 aliphatic heterocycles. The first kappa shape index (κ1) is 13.1. The van der Waals surface area contributed by atoms with Crippen LogP contribution in [0.4, 0.5) is 0 Å². The number of piperidine rings is 1. The highest BCUT2D eigenvalue weighted by atomic mass is 16.2. The highest BCUT2D eigenvalue weighted by molar-refractivity contribution is 5.92. The second-order valence-electron chi connectivity index (χ2n) is 5.25. The van der Waals surface area contributed by atoms with Crippen LogP contribution in [-0.2, 0) is 7.05 Å². The van der Waals surface area contributed by atoms with Crippen molar-refractivity contribution < 1.29 is 4.79 Å². The highest BCUT2D eigenvalue weighted by Crippen LogP contribution is 2.11. The van der Waals surface area contributed by atoms with Crippen LogP contribution in [0.3, 0.4) is 0 Å². The summed E-state index contributed by atoms with van der Waals surface area (Å²) < 4.78 is 1.95. The van der Waals surface area contributed by atoms with Gasteiger partial charge in [0.25, 0.3) is 5.91 Å². The molecule has 1 amide bonds.